The number of nitro benzene ring substituents is 1. The first-order chi connectivity index (χ1) is 12.5. The highest BCUT2D eigenvalue weighted by molar-refractivity contribution is 5.81. The van der Waals surface area contributed by atoms with Crippen LogP contribution < -0.4 is 16.4 Å². The Balaban J connectivity index is 2.13. The van der Waals surface area contributed by atoms with E-state index >= 15 is 0 Å². The lowest BCUT2D eigenvalue weighted by atomic mass is 10.0. The number of hydrogen-bond donors (Lipinski definition) is 3. The van der Waals surface area contributed by atoms with Crippen molar-refractivity contribution in [2.24, 2.45) is 5.73 Å². The van der Waals surface area contributed by atoms with Gasteiger partial charge in [-0.25, -0.2) is 0 Å². The maximum absolute atomic E-state index is 12.3. The van der Waals surface area contributed by atoms with E-state index < -0.39 is 16.9 Å². The van der Waals surface area contributed by atoms with Crippen LogP contribution in [0.25, 0.3) is 0 Å². The van der Waals surface area contributed by atoms with E-state index in [-0.39, 0.29) is 36.7 Å². The molecule has 9 heteroatoms. The van der Waals surface area contributed by atoms with Crippen molar-refractivity contribution in [2.45, 2.75) is 19.0 Å². The van der Waals surface area contributed by atoms with E-state index in [0.717, 1.165) is 0 Å². The van der Waals surface area contributed by atoms with Gasteiger partial charge in [-0.05, 0) is 12.1 Å². The van der Waals surface area contributed by atoms with Gasteiger partial charge in [0.15, 0.2) is 0 Å². The molecule has 0 fully saturated rings. The quantitative estimate of drug-likeness (QED) is 0.472. The summed E-state index contributed by atoms with van der Waals surface area (Å²) < 4.78 is 0. The number of nitrogens with two attached hydrogens (primary N) is 1. The second-order valence-corrected chi connectivity index (χ2v) is 5.44. The zero-order valence-electron chi connectivity index (χ0n) is 13.9. The lowest BCUT2D eigenvalue weighted by Crippen LogP contribution is -2.37. The summed E-state index contributed by atoms with van der Waals surface area (Å²) >= 11 is 0. The Labute approximate surface area is 149 Å². The van der Waals surface area contributed by atoms with Crippen LogP contribution in [-0.2, 0) is 16.1 Å². The zero-order valence-corrected chi connectivity index (χ0v) is 13.9. The molecule has 0 saturated heterocycles. The molecule has 136 valence electrons. The fourth-order valence-corrected chi connectivity index (χ4v) is 2.39. The van der Waals surface area contributed by atoms with Gasteiger partial charge in [0.05, 0.1) is 41.7 Å². The summed E-state index contributed by atoms with van der Waals surface area (Å²) in [5, 5.41) is 16.5. The minimum atomic E-state index is -0.864. The van der Waals surface area contributed by atoms with Gasteiger partial charge in [-0.2, -0.15) is 0 Å². The maximum Gasteiger partial charge on any atom is 0.274 e. The molecule has 26 heavy (non-hydrogen) atoms. The van der Waals surface area contributed by atoms with Gasteiger partial charge in [-0.1, -0.05) is 24.3 Å². The van der Waals surface area contributed by atoms with Crippen molar-refractivity contribution in [3.8, 4) is 0 Å². The maximum atomic E-state index is 12.3. The van der Waals surface area contributed by atoms with Gasteiger partial charge < -0.3 is 16.4 Å². The number of pyridine rings is 1. The molecule has 0 spiro atoms. The SMILES string of the molecule is NCC(=O)NC(CC(=O)NCc1ccccn1)c1ccccc1[N+](=O)[O-]. The Morgan fingerprint density at radius 2 is 1.88 bits per heavy atom. The van der Waals surface area contributed by atoms with Gasteiger partial charge in [0.25, 0.3) is 5.69 Å². The number of carbonyl (C=O) groups is 2. The Morgan fingerprint density at radius 1 is 1.15 bits per heavy atom. The molecule has 9 nitrogen and oxygen atoms in total. The van der Waals surface area contributed by atoms with Crippen LogP contribution in [0.15, 0.2) is 48.7 Å². The summed E-state index contributed by atoms with van der Waals surface area (Å²) in [6, 6.07) is 10.4. The predicted molar refractivity (Wildman–Crippen MR) is 93.7 cm³/mol. The van der Waals surface area contributed by atoms with Crippen LogP contribution >= 0.6 is 0 Å². The lowest BCUT2D eigenvalue weighted by Gasteiger charge is -2.18. The number of benzene rings is 1. The zero-order chi connectivity index (χ0) is 18.9. The summed E-state index contributed by atoms with van der Waals surface area (Å²) in [6.07, 6.45) is 1.45. The number of nitrogens with zero attached hydrogens (tertiary/aromatic N) is 2. The van der Waals surface area contributed by atoms with Crippen LogP contribution in [-0.4, -0.2) is 28.3 Å². The standard InChI is InChI=1S/C17H19N5O4/c18-10-17(24)21-14(13-6-1-2-7-15(13)22(25)26)9-16(23)20-11-12-5-3-4-8-19-12/h1-8,14H,9-11,18H2,(H,20,23)(H,21,24). The van der Waals surface area contributed by atoms with Crippen molar-refractivity contribution in [3.05, 3.63) is 70.0 Å². The largest absolute Gasteiger partial charge is 0.350 e. The lowest BCUT2D eigenvalue weighted by molar-refractivity contribution is -0.385. The fraction of sp³-hybridized carbons (Fsp3) is 0.235. The molecule has 0 aliphatic heterocycles. The Bertz CT molecular complexity index is 782. The number of nitrogens with one attached hydrogen (secondary N) is 2. The highest BCUT2D eigenvalue weighted by Gasteiger charge is 2.25. The molecule has 1 aromatic carbocycles. The predicted octanol–water partition coefficient (Wildman–Crippen LogP) is 0.812. The summed E-state index contributed by atoms with van der Waals surface area (Å²) in [5.41, 5.74) is 6.05. The van der Waals surface area contributed by atoms with E-state index in [2.05, 4.69) is 15.6 Å². The van der Waals surface area contributed by atoms with Crippen LogP contribution in [0.2, 0.25) is 0 Å². The molecule has 1 unspecified atom stereocenters. The summed E-state index contributed by atoms with van der Waals surface area (Å²) in [4.78, 5) is 38.7. The van der Waals surface area contributed by atoms with E-state index in [4.69, 9.17) is 5.73 Å². The number of carbonyl (C=O) groups excluding carboxylic acids is 2. The van der Waals surface area contributed by atoms with E-state index in [9.17, 15) is 19.7 Å². The van der Waals surface area contributed by atoms with Crippen molar-refractivity contribution in [2.75, 3.05) is 6.54 Å². The van der Waals surface area contributed by atoms with Gasteiger partial charge in [0.1, 0.15) is 0 Å². The Kier molecular flexibility index (Phi) is 6.75. The normalized spacial score (nSPS) is 11.4. The number of aromatic nitrogens is 1. The highest BCUT2D eigenvalue weighted by atomic mass is 16.6. The summed E-state index contributed by atoms with van der Waals surface area (Å²) in [5.74, 6) is -0.887. The average Bonchev–Trinajstić information content (AvgIpc) is 2.66. The molecule has 0 aliphatic rings. The number of rotatable bonds is 8. The third kappa shape index (κ3) is 5.35. The first kappa shape index (κ1) is 19.0. The monoisotopic (exact) mass is 357 g/mol. The van der Waals surface area contributed by atoms with Crippen molar-refractivity contribution < 1.29 is 14.5 Å². The van der Waals surface area contributed by atoms with Gasteiger partial charge in [-0.15, -0.1) is 0 Å². The van der Waals surface area contributed by atoms with Crippen LogP contribution in [0.4, 0.5) is 5.69 Å². The first-order valence-electron chi connectivity index (χ1n) is 7.90. The number of hydrogen-bond acceptors (Lipinski definition) is 6. The molecule has 1 aromatic heterocycles. The molecule has 1 heterocycles. The van der Waals surface area contributed by atoms with Crippen LogP contribution in [0.5, 0.6) is 0 Å². The van der Waals surface area contributed by atoms with E-state index in [1.54, 1.807) is 30.5 Å². The molecule has 2 rings (SSSR count). The van der Waals surface area contributed by atoms with Crippen molar-refractivity contribution >= 4 is 17.5 Å². The second-order valence-electron chi connectivity index (χ2n) is 5.44. The molecule has 2 aromatic rings. The number of para-hydroxylation sites is 1. The molecule has 1 atom stereocenters. The number of nitro groups is 1. The van der Waals surface area contributed by atoms with Crippen molar-refractivity contribution in [1.29, 1.82) is 0 Å². The molecule has 0 bridgehead atoms. The fourth-order valence-electron chi connectivity index (χ4n) is 2.39. The minimum Gasteiger partial charge on any atom is -0.350 e. The third-order valence-corrected chi connectivity index (χ3v) is 3.61. The molecule has 4 N–H and O–H groups in total. The average molecular weight is 357 g/mol. The van der Waals surface area contributed by atoms with Crippen LogP contribution in [0.1, 0.15) is 23.7 Å². The second kappa shape index (κ2) is 9.23. The third-order valence-electron chi connectivity index (χ3n) is 3.61. The van der Waals surface area contributed by atoms with Gasteiger partial charge in [0, 0.05) is 12.3 Å². The summed E-state index contributed by atoms with van der Waals surface area (Å²) in [6.45, 7) is -0.0687. The topological polar surface area (TPSA) is 140 Å². The summed E-state index contributed by atoms with van der Waals surface area (Å²) in [7, 11) is 0. The van der Waals surface area contributed by atoms with Crippen molar-refractivity contribution in [1.82, 2.24) is 15.6 Å². The molecular weight excluding hydrogens is 338 g/mol. The van der Waals surface area contributed by atoms with Gasteiger partial charge in [-0.3, -0.25) is 24.7 Å². The minimum absolute atomic E-state index is 0.163. The highest BCUT2D eigenvalue weighted by Crippen LogP contribution is 2.27. The van der Waals surface area contributed by atoms with E-state index in [1.165, 1.54) is 18.2 Å². The van der Waals surface area contributed by atoms with Crippen molar-refractivity contribution in [3.63, 3.8) is 0 Å². The molecule has 2 amide bonds. The van der Waals surface area contributed by atoms with E-state index in [0.29, 0.717) is 5.69 Å². The van der Waals surface area contributed by atoms with Crippen LogP contribution in [0.3, 0.4) is 0 Å². The Morgan fingerprint density at radius 3 is 2.54 bits per heavy atom. The number of amides is 2. The molecule has 0 aliphatic carbocycles. The Hall–Kier alpha value is -3.33. The molecule has 0 saturated carbocycles. The van der Waals surface area contributed by atoms with Gasteiger partial charge >= 0.3 is 0 Å². The van der Waals surface area contributed by atoms with Gasteiger partial charge in [0.2, 0.25) is 11.8 Å². The molecule has 0 radical (unpaired) electrons. The molecular formula is C17H19N5O4. The smallest absolute Gasteiger partial charge is 0.274 e. The first-order valence-corrected chi connectivity index (χ1v) is 7.90. The van der Waals surface area contributed by atoms with E-state index in [1.807, 2.05) is 0 Å². The van der Waals surface area contributed by atoms with Crippen LogP contribution in [0, 0.1) is 10.1 Å².